The first kappa shape index (κ1) is 21.3. The SMILES string of the molecule is CC(N)C1CCCN(S(=O)(=O)c2ccc(S(C)(=O)=O)c(F)c2)C1.Cl. The van der Waals surface area contributed by atoms with E-state index in [4.69, 9.17) is 5.73 Å². The van der Waals surface area contributed by atoms with E-state index in [2.05, 4.69) is 0 Å². The molecule has 2 rings (SSSR count). The van der Waals surface area contributed by atoms with Gasteiger partial charge in [-0.15, -0.1) is 12.4 Å². The number of hydrogen-bond donors (Lipinski definition) is 1. The van der Waals surface area contributed by atoms with Crippen molar-refractivity contribution >= 4 is 32.3 Å². The Balaban J connectivity index is 0.00000288. The van der Waals surface area contributed by atoms with E-state index >= 15 is 0 Å². The summed E-state index contributed by atoms with van der Waals surface area (Å²) >= 11 is 0. The molecule has 138 valence electrons. The maximum atomic E-state index is 14.0. The summed E-state index contributed by atoms with van der Waals surface area (Å²) in [5, 5.41) is 0. The summed E-state index contributed by atoms with van der Waals surface area (Å²) in [7, 11) is -7.61. The number of sulfonamides is 1. The van der Waals surface area contributed by atoms with E-state index in [0.29, 0.717) is 13.0 Å². The molecule has 10 heteroatoms. The predicted octanol–water partition coefficient (Wildman–Crippen LogP) is 1.40. The Morgan fingerprint density at radius 1 is 1.29 bits per heavy atom. The molecule has 1 aliphatic heterocycles. The van der Waals surface area contributed by atoms with Gasteiger partial charge < -0.3 is 5.73 Å². The Hall–Kier alpha value is -0.740. The average molecular weight is 401 g/mol. The van der Waals surface area contributed by atoms with Gasteiger partial charge in [-0.2, -0.15) is 4.31 Å². The van der Waals surface area contributed by atoms with Gasteiger partial charge in [-0.05, 0) is 43.9 Å². The first-order chi connectivity index (χ1) is 10.5. The van der Waals surface area contributed by atoms with Gasteiger partial charge in [-0.3, -0.25) is 0 Å². The molecule has 1 aliphatic rings. The Bertz CT molecular complexity index is 797. The molecule has 2 atom stereocenters. The smallest absolute Gasteiger partial charge is 0.243 e. The maximum Gasteiger partial charge on any atom is 0.243 e. The second-order valence-electron chi connectivity index (χ2n) is 5.99. The van der Waals surface area contributed by atoms with Crippen LogP contribution in [0.3, 0.4) is 0 Å². The van der Waals surface area contributed by atoms with Crippen LogP contribution < -0.4 is 5.73 Å². The van der Waals surface area contributed by atoms with E-state index in [-0.39, 0.29) is 35.8 Å². The highest BCUT2D eigenvalue weighted by Crippen LogP contribution is 2.26. The highest BCUT2D eigenvalue weighted by atomic mass is 35.5. The number of halogens is 2. The molecule has 1 saturated heterocycles. The number of nitrogens with two attached hydrogens (primary N) is 1. The number of hydrogen-bond acceptors (Lipinski definition) is 5. The summed E-state index contributed by atoms with van der Waals surface area (Å²) in [5.74, 6) is -1.01. The molecule has 1 fully saturated rings. The number of sulfone groups is 1. The summed E-state index contributed by atoms with van der Waals surface area (Å²) < 4.78 is 63.4. The third-order valence-corrected chi connectivity index (χ3v) is 7.10. The number of rotatable bonds is 4. The topological polar surface area (TPSA) is 97.5 Å². The third kappa shape index (κ3) is 4.45. The number of nitrogens with zero attached hydrogens (tertiary/aromatic N) is 1. The highest BCUT2D eigenvalue weighted by molar-refractivity contribution is 7.90. The molecule has 0 aliphatic carbocycles. The zero-order valence-corrected chi connectivity index (χ0v) is 15.9. The van der Waals surface area contributed by atoms with E-state index in [1.54, 1.807) is 0 Å². The van der Waals surface area contributed by atoms with E-state index in [0.717, 1.165) is 30.9 Å². The molecule has 0 aromatic heterocycles. The fourth-order valence-corrected chi connectivity index (χ4v) is 4.99. The van der Waals surface area contributed by atoms with Gasteiger partial charge in [0.15, 0.2) is 9.84 Å². The molecule has 6 nitrogen and oxygen atoms in total. The van der Waals surface area contributed by atoms with Gasteiger partial charge in [0.25, 0.3) is 0 Å². The summed E-state index contributed by atoms with van der Waals surface area (Å²) in [6.45, 7) is 2.47. The first-order valence-corrected chi connectivity index (χ1v) is 10.6. The van der Waals surface area contributed by atoms with Crippen LogP contribution in [0.5, 0.6) is 0 Å². The van der Waals surface area contributed by atoms with Crippen LogP contribution in [0, 0.1) is 11.7 Å². The standard InChI is InChI=1S/C14H21FN2O4S2.ClH/c1-10(16)11-4-3-7-17(9-11)23(20,21)12-5-6-14(13(15)8-12)22(2,18)19;/h5-6,8,10-11H,3-4,7,9,16H2,1-2H3;1H. The third-order valence-electron chi connectivity index (χ3n) is 4.10. The first-order valence-electron chi connectivity index (χ1n) is 7.29. The van der Waals surface area contributed by atoms with Crippen LogP contribution in [0.15, 0.2) is 28.0 Å². The lowest BCUT2D eigenvalue weighted by atomic mass is 9.93. The van der Waals surface area contributed by atoms with Crippen LogP contribution >= 0.6 is 12.4 Å². The van der Waals surface area contributed by atoms with Crippen LogP contribution in [-0.2, 0) is 19.9 Å². The largest absolute Gasteiger partial charge is 0.328 e. The molecule has 1 aromatic carbocycles. The predicted molar refractivity (Wildman–Crippen MR) is 91.9 cm³/mol. The van der Waals surface area contributed by atoms with Crippen molar-refractivity contribution in [3.63, 3.8) is 0 Å². The molecule has 0 spiro atoms. The van der Waals surface area contributed by atoms with Crippen LogP contribution in [0.25, 0.3) is 0 Å². The molecule has 1 aromatic rings. The fraction of sp³-hybridized carbons (Fsp3) is 0.571. The normalized spacial score (nSPS) is 21.1. The van der Waals surface area contributed by atoms with Gasteiger partial charge >= 0.3 is 0 Å². The Morgan fingerprint density at radius 3 is 2.42 bits per heavy atom. The van der Waals surface area contributed by atoms with Crippen LogP contribution in [0.2, 0.25) is 0 Å². The number of piperidine rings is 1. The Morgan fingerprint density at radius 2 is 1.92 bits per heavy atom. The Kier molecular flexibility index (Phi) is 6.79. The minimum atomic E-state index is -3.87. The van der Waals surface area contributed by atoms with Crippen molar-refractivity contribution in [1.82, 2.24) is 4.31 Å². The summed E-state index contributed by atoms with van der Waals surface area (Å²) in [5.41, 5.74) is 5.85. The van der Waals surface area contributed by atoms with E-state index in [9.17, 15) is 21.2 Å². The monoisotopic (exact) mass is 400 g/mol. The molecule has 2 N–H and O–H groups in total. The lowest BCUT2D eigenvalue weighted by Gasteiger charge is -2.33. The summed E-state index contributed by atoms with van der Waals surface area (Å²) in [6, 6.07) is 2.76. The van der Waals surface area contributed by atoms with Crippen molar-refractivity contribution in [3.8, 4) is 0 Å². The fourth-order valence-electron chi connectivity index (χ4n) is 2.71. The quantitative estimate of drug-likeness (QED) is 0.823. The van der Waals surface area contributed by atoms with Gasteiger partial charge in [0.1, 0.15) is 10.7 Å². The van der Waals surface area contributed by atoms with Gasteiger partial charge in [0, 0.05) is 25.4 Å². The van der Waals surface area contributed by atoms with Crippen molar-refractivity contribution in [1.29, 1.82) is 0 Å². The van der Waals surface area contributed by atoms with Crippen molar-refractivity contribution in [3.05, 3.63) is 24.0 Å². The molecule has 0 saturated carbocycles. The van der Waals surface area contributed by atoms with Crippen LogP contribution in [0.1, 0.15) is 19.8 Å². The van der Waals surface area contributed by atoms with Crippen molar-refractivity contribution in [2.45, 2.75) is 35.6 Å². The minimum absolute atomic E-state index is 0. The van der Waals surface area contributed by atoms with Gasteiger partial charge in [-0.25, -0.2) is 21.2 Å². The zero-order chi connectivity index (χ0) is 17.4. The second kappa shape index (κ2) is 7.65. The molecule has 24 heavy (non-hydrogen) atoms. The zero-order valence-electron chi connectivity index (χ0n) is 13.5. The van der Waals surface area contributed by atoms with Gasteiger partial charge in [-0.1, -0.05) is 0 Å². The van der Waals surface area contributed by atoms with E-state index in [1.165, 1.54) is 4.31 Å². The van der Waals surface area contributed by atoms with Crippen molar-refractivity contribution in [2.75, 3.05) is 19.3 Å². The van der Waals surface area contributed by atoms with Crippen LogP contribution in [0.4, 0.5) is 4.39 Å². The van der Waals surface area contributed by atoms with Crippen molar-refractivity contribution < 1.29 is 21.2 Å². The maximum absolute atomic E-state index is 14.0. The van der Waals surface area contributed by atoms with Crippen LogP contribution in [-0.4, -0.2) is 46.5 Å². The second-order valence-corrected chi connectivity index (χ2v) is 9.91. The molecule has 0 radical (unpaired) electrons. The molecule has 0 amide bonds. The number of benzene rings is 1. The van der Waals surface area contributed by atoms with Crippen molar-refractivity contribution in [2.24, 2.45) is 11.7 Å². The minimum Gasteiger partial charge on any atom is -0.328 e. The lowest BCUT2D eigenvalue weighted by Crippen LogP contribution is -2.44. The summed E-state index contributed by atoms with van der Waals surface area (Å²) in [6.07, 6.45) is 2.41. The lowest BCUT2D eigenvalue weighted by molar-refractivity contribution is 0.243. The molecular weight excluding hydrogens is 379 g/mol. The van der Waals surface area contributed by atoms with E-state index < -0.39 is 30.6 Å². The highest BCUT2D eigenvalue weighted by Gasteiger charge is 2.32. The van der Waals surface area contributed by atoms with Gasteiger partial charge in [0.2, 0.25) is 10.0 Å². The molecule has 0 bridgehead atoms. The van der Waals surface area contributed by atoms with Gasteiger partial charge in [0.05, 0.1) is 4.90 Å². The average Bonchev–Trinajstić information content (AvgIpc) is 2.45. The summed E-state index contributed by atoms with van der Waals surface area (Å²) in [4.78, 5) is -0.753. The molecule has 1 heterocycles. The molecule has 2 unspecified atom stereocenters. The Labute approximate surface area is 148 Å². The van der Waals surface area contributed by atoms with E-state index in [1.807, 2.05) is 6.92 Å². The molecular formula is C14H22ClFN2O4S2.